The van der Waals surface area contributed by atoms with Gasteiger partial charge in [-0.25, -0.2) is 4.39 Å². The van der Waals surface area contributed by atoms with Gasteiger partial charge in [-0.1, -0.05) is 6.92 Å². The van der Waals surface area contributed by atoms with Gasteiger partial charge < -0.3 is 5.32 Å². The number of fused-ring (bicyclic) bond motifs is 1. The molecule has 2 aromatic rings. The Morgan fingerprint density at radius 1 is 1.39 bits per heavy atom. The zero-order valence-electron chi connectivity index (χ0n) is 11.0. The molecule has 4 heteroatoms. The first-order chi connectivity index (χ1) is 8.51. The summed E-state index contributed by atoms with van der Waals surface area (Å²) in [7, 11) is 1.86. The van der Waals surface area contributed by atoms with Crippen LogP contribution in [0.5, 0.6) is 0 Å². The molecule has 1 aromatic heterocycles. The Hall–Kier alpha value is -1.16. The fourth-order valence-electron chi connectivity index (χ4n) is 2.39. The lowest BCUT2D eigenvalue weighted by Gasteiger charge is -2.16. The number of pyridine rings is 1. The Bertz CT molecular complexity index is 623. The van der Waals surface area contributed by atoms with Crippen LogP contribution in [-0.4, -0.2) is 12.0 Å². The van der Waals surface area contributed by atoms with Gasteiger partial charge in [0.25, 0.3) is 0 Å². The van der Waals surface area contributed by atoms with Gasteiger partial charge in [0.15, 0.2) is 0 Å². The van der Waals surface area contributed by atoms with Crippen LogP contribution in [0.1, 0.15) is 23.7 Å². The van der Waals surface area contributed by atoms with E-state index in [0.29, 0.717) is 4.47 Å². The summed E-state index contributed by atoms with van der Waals surface area (Å²) in [5, 5.41) is 4.02. The monoisotopic (exact) mass is 310 g/mol. The molecule has 0 aliphatic heterocycles. The van der Waals surface area contributed by atoms with Crippen molar-refractivity contribution in [2.75, 3.05) is 12.4 Å². The van der Waals surface area contributed by atoms with Crippen molar-refractivity contribution in [2.24, 2.45) is 0 Å². The highest BCUT2D eigenvalue weighted by molar-refractivity contribution is 9.10. The van der Waals surface area contributed by atoms with E-state index in [0.717, 1.165) is 39.8 Å². The third-order valence-electron chi connectivity index (χ3n) is 3.25. The molecule has 0 radical (unpaired) electrons. The molecule has 0 fully saturated rings. The highest BCUT2D eigenvalue weighted by Crippen LogP contribution is 2.37. The van der Waals surface area contributed by atoms with Crippen LogP contribution in [0.15, 0.2) is 10.5 Å². The van der Waals surface area contributed by atoms with Gasteiger partial charge in [-0.05, 0) is 53.4 Å². The lowest BCUT2D eigenvalue weighted by Crippen LogP contribution is -2.03. The Labute approximate surface area is 115 Å². The number of nitrogens with zero attached hydrogens (tertiary/aromatic N) is 1. The minimum Gasteiger partial charge on any atom is -0.387 e. The van der Waals surface area contributed by atoms with Crippen molar-refractivity contribution in [1.82, 2.24) is 4.98 Å². The van der Waals surface area contributed by atoms with Gasteiger partial charge in [-0.3, -0.25) is 4.98 Å². The van der Waals surface area contributed by atoms with Crippen molar-refractivity contribution in [3.63, 3.8) is 0 Å². The summed E-state index contributed by atoms with van der Waals surface area (Å²) in [5.41, 5.74) is 4.80. The van der Waals surface area contributed by atoms with Crippen molar-refractivity contribution < 1.29 is 4.39 Å². The van der Waals surface area contributed by atoms with Gasteiger partial charge in [0.05, 0.1) is 9.99 Å². The number of aromatic nitrogens is 1. The minimum atomic E-state index is -0.246. The Morgan fingerprint density at radius 3 is 2.61 bits per heavy atom. The smallest absolute Gasteiger partial charge is 0.138 e. The number of aryl methyl sites for hydroxylation is 2. The average molecular weight is 311 g/mol. The predicted molar refractivity (Wildman–Crippen MR) is 77.8 cm³/mol. The van der Waals surface area contributed by atoms with E-state index >= 15 is 0 Å². The van der Waals surface area contributed by atoms with Crippen LogP contribution >= 0.6 is 15.9 Å². The summed E-state index contributed by atoms with van der Waals surface area (Å²) in [4.78, 5) is 4.62. The molecule has 96 valence electrons. The molecule has 2 nitrogen and oxygen atoms in total. The quantitative estimate of drug-likeness (QED) is 0.891. The maximum atomic E-state index is 13.9. The predicted octanol–water partition coefficient (Wildman–Crippen LogP) is 4.36. The van der Waals surface area contributed by atoms with E-state index in [1.807, 2.05) is 20.9 Å². The first kappa shape index (κ1) is 13.3. The molecule has 0 atom stereocenters. The van der Waals surface area contributed by atoms with Crippen molar-refractivity contribution in [1.29, 1.82) is 0 Å². The molecule has 0 amide bonds. The SMILES string of the molecule is CCc1c(C)nc2c(C)cc(F)c(Br)c2c1NC. The molecular formula is C14H16BrFN2. The van der Waals surface area contributed by atoms with Gasteiger partial charge in [-0.2, -0.15) is 0 Å². The molecular weight excluding hydrogens is 295 g/mol. The molecule has 1 heterocycles. The summed E-state index contributed by atoms with van der Waals surface area (Å²) in [6.07, 6.45) is 0.868. The highest BCUT2D eigenvalue weighted by atomic mass is 79.9. The van der Waals surface area contributed by atoms with Gasteiger partial charge in [0.1, 0.15) is 5.82 Å². The lowest BCUT2D eigenvalue weighted by molar-refractivity contribution is 0.622. The normalized spacial score (nSPS) is 11.0. The summed E-state index contributed by atoms with van der Waals surface area (Å²) in [6, 6.07) is 1.52. The van der Waals surface area contributed by atoms with E-state index in [2.05, 4.69) is 33.2 Å². The molecule has 0 bridgehead atoms. The fourth-order valence-corrected chi connectivity index (χ4v) is 2.89. The fraction of sp³-hybridized carbons (Fsp3) is 0.357. The van der Waals surface area contributed by atoms with Crippen LogP contribution in [0.2, 0.25) is 0 Å². The molecule has 1 N–H and O–H groups in total. The molecule has 0 saturated heterocycles. The maximum absolute atomic E-state index is 13.9. The topological polar surface area (TPSA) is 24.9 Å². The van der Waals surface area contributed by atoms with Gasteiger partial charge in [-0.15, -0.1) is 0 Å². The number of rotatable bonds is 2. The van der Waals surface area contributed by atoms with Crippen molar-refractivity contribution in [3.05, 3.63) is 33.2 Å². The number of hydrogen-bond acceptors (Lipinski definition) is 2. The van der Waals surface area contributed by atoms with Crippen molar-refractivity contribution in [3.8, 4) is 0 Å². The first-order valence-electron chi connectivity index (χ1n) is 5.96. The zero-order valence-corrected chi connectivity index (χ0v) is 12.6. The number of nitrogens with one attached hydrogen (secondary N) is 1. The van der Waals surface area contributed by atoms with E-state index in [4.69, 9.17) is 0 Å². The van der Waals surface area contributed by atoms with Gasteiger partial charge in [0.2, 0.25) is 0 Å². The van der Waals surface area contributed by atoms with E-state index in [9.17, 15) is 4.39 Å². The molecule has 0 saturated carbocycles. The second kappa shape index (κ2) is 4.84. The Kier molecular flexibility index (Phi) is 3.57. The molecule has 0 aliphatic carbocycles. The molecule has 0 aliphatic rings. The summed E-state index contributed by atoms with van der Waals surface area (Å²) in [5.74, 6) is -0.246. The standard InChI is InChI=1S/C14H16BrFN2/c1-5-9-8(3)18-13-7(2)6-10(16)12(15)11(13)14(9)17-4/h6H,5H2,1-4H3,(H,17,18). The first-order valence-corrected chi connectivity index (χ1v) is 6.76. The third kappa shape index (κ3) is 1.88. The Balaban J connectivity index is 3.03. The second-order valence-electron chi connectivity index (χ2n) is 4.37. The van der Waals surface area contributed by atoms with Crippen molar-refractivity contribution in [2.45, 2.75) is 27.2 Å². The number of halogens is 2. The summed E-state index contributed by atoms with van der Waals surface area (Å²) in [6.45, 7) is 5.96. The maximum Gasteiger partial charge on any atom is 0.138 e. The lowest BCUT2D eigenvalue weighted by atomic mass is 10.0. The van der Waals surface area contributed by atoms with Crippen LogP contribution in [0, 0.1) is 19.7 Å². The van der Waals surface area contributed by atoms with E-state index in [1.165, 1.54) is 6.07 Å². The summed E-state index contributed by atoms with van der Waals surface area (Å²) >= 11 is 3.34. The van der Waals surface area contributed by atoms with E-state index in [-0.39, 0.29) is 5.82 Å². The second-order valence-corrected chi connectivity index (χ2v) is 5.16. The van der Waals surface area contributed by atoms with Crippen LogP contribution in [0.3, 0.4) is 0 Å². The number of hydrogen-bond donors (Lipinski definition) is 1. The molecule has 0 unspecified atom stereocenters. The third-order valence-corrected chi connectivity index (χ3v) is 4.03. The van der Waals surface area contributed by atoms with Crippen LogP contribution in [0.25, 0.3) is 10.9 Å². The summed E-state index contributed by atoms with van der Waals surface area (Å²) < 4.78 is 14.3. The number of benzene rings is 1. The van der Waals surface area contributed by atoms with Gasteiger partial charge >= 0.3 is 0 Å². The average Bonchev–Trinajstić information content (AvgIpc) is 2.34. The highest BCUT2D eigenvalue weighted by Gasteiger charge is 2.17. The minimum absolute atomic E-state index is 0.246. The number of anilines is 1. The van der Waals surface area contributed by atoms with Gasteiger partial charge in [0, 0.05) is 23.8 Å². The molecule has 2 rings (SSSR count). The van der Waals surface area contributed by atoms with Crippen molar-refractivity contribution >= 4 is 32.5 Å². The Morgan fingerprint density at radius 2 is 2.06 bits per heavy atom. The van der Waals surface area contributed by atoms with Crippen LogP contribution in [0.4, 0.5) is 10.1 Å². The van der Waals surface area contributed by atoms with Crippen LogP contribution < -0.4 is 5.32 Å². The van der Waals surface area contributed by atoms with Crippen LogP contribution in [-0.2, 0) is 6.42 Å². The molecule has 1 aromatic carbocycles. The van der Waals surface area contributed by atoms with E-state index in [1.54, 1.807) is 0 Å². The van der Waals surface area contributed by atoms with E-state index < -0.39 is 0 Å². The largest absolute Gasteiger partial charge is 0.387 e. The molecule has 18 heavy (non-hydrogen) atoms. The molecule has 0 spiro atoms. The zero-order chi connectivity index (χ0) is 13.4.